The normalized spacial score (nSPS) is 15.3. The molecule has 1 saturated heterocycles. The van der Waals surface area contributed by atoms with E-state index in [2.05, 4.69) is 20.7 Å². The fourth-order valence-electron chi connectivity index (χ4n) is 3.41. The smallest absolute Gasteiger partial charge is 0.243 e. The van der Waals surface area contributed by atoms with Crippen molar-refractivity contribution in [3.05, 3.63) is 48.3 Å². The quantitative estimate of drug-likeness (QED) is 0.213. The minimum Gasteiger partial charge on any atom is -0.357 e. The lowest BCUT2D eigenvalue weighted by atomic mass is 10.2. The highest BCUT2D eigenvalue weighted by molar-refractivity contribution is 14.0. The average Bonchev–Trinajstić information content (AvgIpc) is 3.29. The van der Waals surface area contributed by atoms with Crippen LogP contribution >= 0.6 is 24.0 Å². The number of hydrogen-bond acceptors (Lipinski definition) is 4. The third-order valence-electron chi connectivity index (χ3n) is 5.06. The Hall–Kier alpha value is -1.66. The number of aryl methyl sites for hydroxylation is 1. The van der Waals surface area contributed by atoms with Gasteiger partial charge < -0.3 is 10.6 Å². The minimum atomic E-state index is -3.39. The Labute approximate surface area is 202 Å². The molecule has 0 bridgehead atoms. The monoisotopic (exact) mass is 560 g/mol. The van der Waals surface area contributed by atoms with Crippen LogP contribution in [-0.2, 0) is 23.1 Å². The first-order chi connectivity index (χ1) is 14.6. The number of nitrogens with zero attached hydrogens (tertiary/aromatic N) is 4. The lowest BCUT2D eigenvalue weighted by Crippen LogP contribution is -2.38. The number of benzene rings is 1. The molecule has 1 fully saturated rings. The summed E-state index contributed by atoms with van der Waals surface area (Å²) in [4.78, 5) is 4.97. The lowest BCUT2D eigenvalue weighted by Gasteiger charge is -2.25. The molecule has 0 radical (unpaired) electrons. The number of sulfonamides is 1. The molecule has 0 spiro atoms. The van der Waals surface area contributed by atoms with Gasteiger partial charge in [-0.2, -0.15) is 9.40 Å². The summed E-state index contributed by atoms with van der Waals surface area (Å²) >= 11 is 0. The summed E-state index contributed by atoms with van der Waals surface area (Å²) in [5.41, 5.74) is 0.973. The Morgan fingerprint density at radius 3 is 2.52 bits per heavy atom. The van der Waals surface area contributed by atoms with Crippen molar-refractivity contribution < 1.29 is 8.42 Å². The van der Waals surface area contributed by atoms with E-state index in [9.17, 15) is 8.42 Å². The molecule has 10 heteroatoms. The Kier molecular flexibility index (Phi) is 10.7. The van der Waals surface area contributed by atoms with Crippen LogP contribution < -0.4 is 10.6 Å². The molecule has 31 heavy (non-hydrogen) atoms. The van der Waals surface area contributed by atoms with Crippen LogP contribution in [0.25, 0.3) is 0 Å². The molecule has 1 aromatic carbocycles. The largest absolute Gasteiger partial charge is 0.357 e. The molecule has 172 valence electrons. The molecular weight excluding hydrogens is 527 g/mol. The van der Waals surface area contributed by atoms with Crippen LogP contribution in [0.4, 0.5) is 0 Å². The van der Waals surface area contributed by atoms with E-state index in [0.717, 1.165) is 56.8 Å². The van der Waals surface area contributed by atoms with Crippen molar-refractivity contribution in [2.75, 3.05) is 26.2 Å². The van der Waals surface area contributed by atoms with Crippen molar-refractivity contribution in [1.82, 2.24) is 24.7 Å². The van der Waals surface area contributed by atoms with Crippen LogP contribution in [0.1, 0.15) is 38.2 Å². The molecule has 0 saturated carbocycles. The zero-order chi connectivity index (χ0) is 21.2. The van der Waals surface area contributed by atoms with Gasteiger partial charge >= 0.3 is 0 Å². The number of hydrogen-bond donors (Lipinski definition) is 2. The van der Waals surface area contributed by atoms with Gasteiger partial charge in [0.2, 0.25) is 10.0 Å². The molecule has 1 aliphatic rings. The second-order valence-corrected chi connectivity index (χ2v) is 9.29. The number of halogens is 1. The van der Waals surface area contributed by atoms with Gasteiger partial charge in [-0.25, -0.2) is 13.4 Å². The number of nitrogens with one attached hydrogen (secondary N) is 2. The fraction of sp³-hybridized carbons (Fsp3) is 0.524. The van der Waals surface area contributed by atoms with Gasteiger partial charge in [0.15, 0.2) is 5.96 Å². The second kappa shape index (κ2) is 13.0. The number of aliphatic imine (C=N–C) groups is 1. The van der Waals surface area contributed by atoms with Crippen LogP contribution in [0.3, 0.4) is 0 Å². The van der Waals surface area contributed by atoms with E-state index in [-0.39, 0.29) is 24.0 Å². The first kappa shape index (κ1) is 25.6. The van der Waals surface area contributed by atoms with Crippen LogP contribution in [0, 0.1) is 0 Å². The van der Waals surface area contributed by atoms with Crippen LogP contribution in [-0.4, -0.2) is 54.6 Å². The third kappa shape index (κ3) is 7.76. The Balaban J connectivity index is 0.00000341. The Bertz CT molecular complexity index is 894. The highest BCUT2D eigenvalue weighted by Gasteiger charge is 2.25. The molecule has 1 aromatic heterocycles. The number of piperidine rings is 1. The van der Waals surface area contributed by atoms with Crippen molar-refractivity contribution in [1.29, 1.82) is 0 Å². The van der Waals surface area contributed by atoms with Gasteiger partial charge in [-0.05, 0) is 49.9 Å². The van der Waals surface area contributed by atoms with E-state index in [1.165, 1.54) is 0 Å². The summed E-state index contributed by atoms with van der Waals surface area (Å²) in [6, 6.07) is 9.00. The molecule has 0 aliphatic carbocycles. The van der Waals surface area contributed by atoms with E-state index < -0.39 is 10.0 Å². The maximum Gasteiger partial charge on any atom is 0.243 e. The summed E-state index contributed by atoms with van der Waals surface area (Å²) in [5, 5.41) is 10.8. The predicted molar refractivity (Wildman–Crippen MR) is 134 cm³/mol. The van der Waals surface area contributed by atoms with Gasteiger partial charge in [-0.15, -0.1) is 24.0 Å². The lowest BCUT2D eigenvalue weighted by molar-refractivity contribution is 0.346. The van der Waals surface area contributed by atoms with E-state index in [1.54, 1.807) is 22.6 Å². The molecule has 1 aliphatic heterocycles. The molecular formula is C21H33IN6O2S. The Morgan fingerprint density at radius 2 is 1.87 bits per heavy atom. The molecule has 2 heterocycles. The zero-order valence-corrected chi connectivity index (χ0v) is 21.2. The summed E-state index contributed by atoms with van der Waals surface area (Å²) in [6.45, 7) is 6.17. The van der Waals surface area contributed by atoms with Crippen LogP contribution in [0.5, 0.6) is 0 Å². The van der Waals surface area contributed by atoms with E-state index in [4.69, 9.17) is 0 Å². The highest BCUT2D eigenvalue weighted by Crippen LogP contribution is 2.21. The topological polar surface area (TPSA) is 91.6 Å². The third-order valence-corrected chi connectivity index (χ3v) is 6.97. The van der Waals surface area contributed by atoms with Gasteiger partial charge in [0.05, 0.1) is 11.4 Å². The van der Waals surface area contributed by atoms with Crippen molar-refractivity contribution in [2.45, 2.75) is 50.6 Å². The molecule has 2 N–H and O–H groups in total. The van der Waals surface area contributed by atoms with Gasteiger partial charge in [0.25, 0.3) is 0 Å². The minimum absolute atomic E-state index is 0. The molecule has 0 amide bonds. The first-order valence-corrected chi connectivity index (χ1v) is 12.1. The molecule has 3 rings (SSSR count). The van der Waals surface area contributed by atoms with Crippen LogP contribution in [0.2, 0.25) is 0 Å². The van der Waals surface area contributed by atoms with E-state index in [0.29, 0.717) is 24.5 Å². The molecule has 0 unspecified atom stereocenters. The van der Waals surface area contributed by atoms with E-state index in [1.807, 2.05) is 36.0 Å². The summed E-state index contributed by atoms with van der Waals surface area (Å²) < 4.78 is 29.0. The van der Waals surface area contributed by atoms with Gasteiger partial charge in [-0.3, -0.25) is 4.68 Å². The predicted octanol–water partition coefficient (Wildman–Crippen LogP) is 2.82. The maximum absolute atomic E-state index is 12.8. The summed E-state index contributed by atoms with van der Waals surface area (Å²) in [7, 11) is -3.39. The van der Waals surface area contributed by atoms with Crippen molar-refractivity contribution in [2.24, 2.45) is 4.99 Å². The number of rotatable bonds is 9. The first-order valence-electron chi connectivity index (χ1n) is 10.7. The standard InChI is InChI=1S/C21H32N6O2S.HI/c1-2-22-21(23-12-6-14-26-15-7-13-25-26)24-18-19-8-10-20(11-9-19)30(28,29)27-16-4-3-5-17-27;/h7-11,13,15H,2-6,12,14,16-18H2,1H3,(H2,22,23,24);1H. The number of guanidine groups is 1. The SMILES string of the molecule is CCNC(=NCc1ccc(S(=O)(=O)N2CCCCC2)cc1)NCCCn1cccn1.I. The summed E-state index contributed by atoms with van der Waals surface area (Å²) in [5.74, 6) is 0.753. The van der Waals surface area contributed by atoms with Gasteiger partial charge in [0.1, 0.15) is 0 Å². The fourth-order valence-corrected chi connectivity index (χ4v) is 4.93. The molecule has 0 atom stereocenters. The second-order valence-electron chi connectivity index (χ2n) is 7.35. The van der Waals surface area contributed by atoms with Crippen molar-refractivity contribution >= 4 is 40.0 Å². The molecule has 2 aromatic rings. The highest BCUT2D eigenvalue weighted by atomic mass is 127. The van der Waals surface area contributed by atoms with Crippen molar-refractivity contribution in [3.63, 3.8) is 0 Å². The number of aromatic nitrogens is 2. The Morgan fingerprint density at radius 1 is 1.13 bits per heavy atom. The van der Waals surface area contributed by atoms with Crippen LogP contribution in [0.15, 0.2) is 52.6 Å². The van der Waals surface area contributed by atoms with Gasteiger partial charge in [-0.1, -0.05) is 18.6 Å². The van der Waals surface area contributed by atoms with Gasteiger partial charge in [0, 0.05) is 45.1 Å². The average molecular weight is 561 g/mol. The van der Waals surface area contributed by atoms with Crippen molar-refractivity contribution in [3.8, 4) is 0 Å². The summed E-state index contributed by atoms with van der Waals surface area (Å²) in [6.07, 6.45) is 7.66. The zero-order valence-electron chi connectivity index (χ0n) is 18.0. The van der Waals surface area contributed by atoms with E-state index >= 15 is 0 Å². The maximum atomic E-state index is 12.8. The molecule has 8 nitrogen and oxygen atoms in total.